The molecule has 1 aliphatic heterocycles. The van der Waals surface area contributed by atoms with Crippen LogP contribution in [0.1, 0.15) is 21.7 Å². The monoisotopic (exact) mass is 489 g/mol. The molecular weight excluding hydrogens is 473 g/mol. The van der Waals surface area contributed by atoms with Gasteiger partial charge in [0.05, 0.1) is 16.0 Å². The summed E-state index contributed by atoms with van der Waals surface area (Å²) in [5.74, 6) is -1.38. The van der Waals surface area contributed by atoms with Gasteiger partial charge in [0.15, 0.2) is 0 Å². The number of carbonyl (C=O) groups is 2. The maximum absolute atomic E-state index is 14.5. The SMILES string of the molecule is C=C1c2ccccc2C(=O)N1CC(=O)Oc1ccc2c(=O)c(-c3c(F)cccc3Cl)c(C)oc2c1. The maximum atomic E-state index is 14.5. The van der Waals surface area contributed by atoms with Crippen molar-refractivity contribution >= 4 is 40.1 Å². The van der Waals surface area contributed by atoms with Gasteiger partial charge < -0.3 is 9.15 Å². The Morgan fingerprint density at radius 3 is 2.51 bits per heavy atom. The average Bonchev–Trinajstić information content (AvgIpc) is 3.05. The molecule has 8 heteroatoms. The highest BCUT2D eigenvalue weighted by atomic mass is 35.5. The number of rotatable bonds is 4. The van der Waals surface area contributed by atoms with E-state index >= 15 is 0 Å². The summed E-state index contributed by atoms with van der Waals surface area (Å²) >= 11 is 6.15. The van der Waals surface area contributed by atoms with Crippen molar-refractivity contribution < 1.29 is 23.1 Å². The third-order valence-electron chi connectivity index (χ3n) is 5.81. The average molecular weight is 490 g/mol. The van der Waals surface area contributed by atoms with Gasteiger partial charge in [-0.3, -0.25) is 14.5 Å². The molecule has 3 aromatic carbocycles. The summed E-state index contributed by atoms with van der Waals surface area (Å²) in [6.07, 6.45) is 0. The normalized spacial score (nSPS) is 12.8. The molecule has 0 unspecified atom stereocenters. The van der Waals surface area contributed by atoms with E-state index < -0.39 is 17.2 Å². The number of esters is 1. The van der Waals surface area contributed by atoms with Crippen molar-refractivity contribution in [3.8, 4) is 16.9 Å². The van der Waals surface area contributed by atoms with Gasteiger partial charge in [-0.25, -0.2) is 9.18 Å². The van der Waals surface area contributed by atoms with Gasteiger partial charge in [-0.15, -0.1) is 0 Å². The number of fused-ring (bicyclic) bond motifs is 2. The van der Waals surface area contributed by atoms with Crippen LogP contribution < -0.4 is 10.2 Å². The molecule has 1 aliphatic rings. The Morgan fingerprint density at radius 1 is 1.06 bits per heavy atom. The zero-order valence-electron chi connectivity index (χ0n) is 18.4. The lowest BCUT2D eigenvalue weighted by molar-refractivity contribution is -0.134. The highest BCUT2D eigenvalue weighted by molar-refractivity contribution is 6.33. The Kier molecular flexibility index (Phi) is 5.49. The van der Waals surface area contributed by atoms with Crippen molar-refractivity contribution in [3.05, 3.63) is 105 Å². The molecule has 1 aromatic heterocycles. The minimum absolute atomic E-state index is 0.0240. The van der Waals surface area contributed by atoms with E-state index in [9.17, 15) is 18.8 Å². The number of hydrogen-bond donors (Lipinski definition) is 0. The van der Waals surface area contributed by atoms with E-state index in [1.807, 2.05) is 0 Å². The Labute approximate surface area is 203 Å². The summed E-state index contributed by atoms with van der Waals surface area (Å²) in [6.45, 7) is 5.10. The van der Waals surface area contributed by atoms with E-state index in [1.54, 1.807) is 24.3 Å². The van der Waals surface area contributed by atoms with Crippen LogP contribution in [0.15, 0.2) is 76.5 Å². The highest BCUT2D eigenvalue weighted by Crippen LogP contribution is 2.33. The van der Waals surface area contributed by atoms with Gasteiger partial charge in [0.1, 0.15) is 29.5 Å². The van der Waals surface area contributed by atoms with Gasteiger partial charge in [0.25, 0.3) is 5.91 Å². The molecule has 0 atom stereocenters. The largest absolute Gasteiger partial charge is 0.460 e. The molecule has 0 saturated carbocycles. The topological polar surface area (TPSA) is 76.8 Å². The molecule has 1 amide bonds. The number of hydrogen-bond acceptors (Lipinski definition) is 5. The van der Waals surface area contributed by atoms with Crippen LogP contribution in [-0.4, -0.2) is 23.3 Å². The summed E-state index contributed by atoms with van der Waals surface area (Å²) in [5.41, 5.74) is 1.23. The lowest BCUT2D eigenvalue weighted by Crippen LogP contribution is -2.31. The van der Waals surface area contributed by atoms with Crippen LogP contribution in [0.4, 0.5) is 4.39 Å². The molecular formula is C27H17ClFNO5. The fourth-order valence-corrected chi connectivity index (χ4v) is 4.43. The highest BCUT2D eigenvalue weighted by Gasteiger charge is 2.32. The minimum Gasteiger partial charge on any atom is -0.460 e. The Bertz CT molecular complexity index is 1570. The molecule has 35 heavy (non-hydrogen) atoms. The lowest BCUT2D eigenvalue weighted by atomic mass is 10.0. The number of benzene rings is 3. The first-order chi connectivity index (χ1) is 16.8. The molecule has 0 radical (unpaired) electrons. The summed E-state index contributed by atoms with van der Waals surface area (Å²) < 4.78 is 25.6. The van der Waals surface area contributed by atoms with Crippen LogP contribution in [0.3, 0.4) is 0 Å². The Balaban J connectivity index is 1.42. The van der Waals surface area contributed by atoms with Crippen LogP contribution in [0, 0.1) is 12.7 Å². The number of amides is 1. The third kappa shape index (κ3) is 3.80. The predicted molar refractivity (Wildman–Crippen MR) is 130 cm³/mol. The number of nitrogens with zero attached hydrogens (tertiary/aromatic N) is 1. The second-order valence-electron chi connectivity index (χ2n) is 7.97. The first kappa shape index (κ1) is 22.6. The predicted octanol–water partition coefficient (Wildman–Crippen LogP) is 5.59. The van der Waals surface area contributed by atoms with Crippen LogP contribution in [0.2, 0.25) is 5.02 Å². The van der Waals surface area contributed by atoms with Gasteiger partial charge in [-0.05, 0) is 37.3 Å². The van der Waals surface area contributed by atoms with Gasteiger partial charge in [-0.1, -0.05) is 42.4 Å². The maximum Gasteiger partial charge on any atom is 0.331 e. The molecule has 2 heterocycles. The molecule has 0 N–H and O–H groups in total. The van der Waals surface area contributed by atoms with Crippen molar-refractivity contribution in [3.63, 3.8) is 0 Å². The third-order valence-corrected chi connectivity index (χ3v) is 6.13. The molecule has 0 fully saturated rings. The zero-order chi connectivity index (χ0) is 24.9. The number of ether oxygens (including phenoxy) is 1. The Morgan fingerprint density at radius 2 is 1.80 bits per heavy atom. The zero-order valence-corrected chi connectivity index (χ0v) is 19.2. The van der Waals surface area contributed by atoms with Crippen LogP contribution in [0.25, 0.3) is 27.8 Å². The second kappa shape index (κ2) is 8.52. The van der Waals surface area contributed by atoms with Crippen molar-refractivity contribution in [1.82, 2.24) is 4.90 Å². The van der Waals surface area contributed by atoms with E-state index in [0.29, 0.717) is 16.8 Å². The van der Waals surface area contributed by atoms with Crippen molar-refractivity contribution in [1.29, 1.82) is 0 Å². The molecule has 0 bridgehead atoms. The molecule has 5 rings (SSSR count). The molecule has 4 aromatic rings. The smallest absolute Gasteiger partial charge is 0.331 e. The van der Waals surface area contributed by atoms with Crippen LogP contribution >= 0.6 is 11.6 Å². The molecule has 0 aliphatic carbocycles. The summed E-state index contributed by atoms with van der Waals surface area (Å²) in [6, 6.07) is 15.4. The van der Waals surface area contributed by atoms with Crippen LogP contribution in [0.5, 0.6) is 5.75 Å². The summed E-state index contributed by atoms with van der Waals surface area (Å²) in [5, 5.41) is 0.258. The molecule has 0 saturated heterocycles. The number of carbonyl (C=O) groups excluding carboxylic acids is 2. The van der Waals surface area contributed by atoms with E-state index in [-0.39, 0.29) is 51.1 Å². The minimum atomic E-state index is -0.694. The van der Waals surface area contributed by atoms with Gasteiger partial charge in [-0.2, -0.15) is 0 Å². The molecule has 174 valence electrons. The standard InChI is InChI=1S/C27H17ClFNO5/c1-14-17-6-3-4-7-18(17)27(33)30(14)13-23(31)35-16-10-11-19-22(12-16)34-15(2)24(26(19)32)25-20(28)8-5-9-21(25)29/h3-12H,1,13H2,2H3. The van der Waals surface area contributed by atoms with Gasteiger partial charge in [0.2, 0.25) is 5.43 Å². The van der Waals surface area contributed by atoms with Gasteiger partial charge in [0, 0.05) is 28.5 Å². The first-order valence-corrected chi connectivity index (χ1v) is 11.0. The van der Waals surface area contributed by atoms with Crippen molar-refractivity contribution in [2.24, 2.45) is 0 Å². The molecule has 6 nitrogen and oxygen atoms in total. The van der Waals surface area contributed by atoms with Crippen molar-refractivity contribution in [2.75, 3.05) is 6.54 Å². The van der Waals surface area contributed by atoms with E-state index in [2.05, 4.69) is 6.58 Å². The van der Waals surface area contributed by atoms with Crippen LogP contribution in [-0.2, 0) is 4.79 Å². The lowest BCUT2D eigenvalue weighted by Gasteiger charge is -2.16. The summed E-state index contributed by atoms with van der Waals surface area (Å²) in [4.78, 5) is 39.6. The van der Waals surface area contributed by atoms with E-state index in [4.69, 9.17) is 20.8 Å². The fraction of sp³-hybridized carbons (Fsp3) is 0.0741. The number of aryl methyl sites for hydroxylation is 1. The summed E-state index contributed by atoms with van der Waals surface area (Å²) in [7, 11) is 0. The van der Waals surface area contributed by atoms with Gasteiger partial charge >= 0.3 is 5.97 Å². The second-order valence-corrected chi connectivity index (χ2v) is 8.38. The fourth-order valence-electron chi connectivity index (χ4n) is 4.17. The Hall–Kier alpha value is -4.23. The van der Waals surface area contributed by atoms with E-state index in [0.717, 1.165) is 0 Å². The quantitative estimate of drug-likeness (QED) is 0.276. The van der Waals surface area contributed by atoms with Crippen molar-refractivity contribution in [2.45, 2.75) is 6.92 Å². The first-order valence-electron chi connectivity index (χ1n) is 10.6. The number of halogens is 2. The molecule has 0 spiro atoms. The van der Waals surface area contributed by atoms with E-state index in [1.165, 1.54) is 48.2 Å².